The maximum atomic E-state index is 13.8. The Balaban J connectivity index is 1.74. The predicted octanol–water partition coefficient (Wildman–Crippen LogP) is 3.07. The first-order valence-corrected chi connectivity index (χ1v) is 8.79. The molecule has 0 saturated carbocycles. The van der Waals surface area contributed by atoms with Crippen LogP contribution in [0.4, 0.5) is 10.1 Å². The van der Waals surface area contributed by atoms with Crippen molar-refractivity contribution in [1.82, 2.24) is 10.2 Å². The van der Waals surface area contributed by atoms with Crippen LogP contribution in [0.25, 0.3) is 0 Å². The van der Waals surface area contributed by atoms with Gasteiger partial charge >= 0.3 is 0 Å². The van der Waals surface area contributed by atoms with Crippen molar-refractivity contribution in [2.45, 2.75) is 6.04 Å². The van der Waals surface area contributed by atoms with Gasteiger partial charge in [0, 0.05) is 30.2 Å². The highest BCUT2D eigenvalue weighted by molar-refractivity contribution is 6.30. The predicted molar refractivity (Wildman–Crippen MR) is 100 cm³/mol. The van der Waals surface area contributed by atoms with Crippen LogP contribution in [0.2, 0.25) is 5.02 Å². The molecule has 1 atom stereocenters. The van der Waals surface area contributed by atoms with Crippen molar-refractivity contribution in [3.63, 3.8) is 0 Å². The Bertz CT molecular complexity index is 787. The minimum absolute atomic E-state index is 0.00476. The van der Waals surface area contributed by atoms with Gasteiger partial charge in [0.2, 0.25) is 5.91 Å². The van der Waals surface area contributed by atoms with Gasteiger partial charge in [-0.15, -0.1) is 0 Å². The Kier molecular flexibility index (Phi) is 6.08. The molecular weight excluding hydrogens is 357 g/mol. The highest BCUT2D eigenvalue weighted by Gasteiger charge is 2.27. The van der Waals surface area contributed by atoms with Crippen LogP contribution in [0.3, 0.4) is 0 Å². The largest absolute Gasteiger partial charge is 0.496 e. The first-order chi connectivity index (χ1) is 12.6. The average molecular weight is 378 g/mol. The number of methoxy groups -OCH3 is 1. The average Bonchev–Trinajstić information content (AvgIpc) is 2.65. The van der Waals surface area contributed by atoms with E-state index in [-0.39, 0.29) is 24.2 Å². The van der Waals surface area contributed by atoms with Gasteiger partial charge in [-0.1, -0.05) is 29.8 Å². The lowest BCUT2D eigenvalue weighted by Crippen LogP contribution is -2.48. The van der Waals surface area contributed by atoms with Crippen molar-refractivity contribution >= 4 is 23.2 Å². The van der Waals surface area contributed by atoms with Crippen LogP contribution in [0.15, 0.2) is 42.5 Å². The minimum Gasteiger partial charge on any atom is -0.496 e. The number of ether oxygens (including phenoxy) is 1. The van der Waals surface area contributed by atoms with Crippen LogP contribution >= 0.6 is 11.6 Å². The molecule has 1 unspecified atom stereocenters. The van der Waals surface area contributed by atoms with E-state index in [1.54, 1.807) is 7.11 Å². The molecule has 2 aromatic carbocycles. The normalized spacial score (nSPS) is 17.7. The molecule has 138 valence electrons. The Labute approximate surface area is 157 Å². The van der Waals surface area contributed by atoms with Gasteiger partial charge in [0.25, 0.3) is 0 Å². The van der Waals surface area contributed by atoms with Gasteiger partial charge in [-0.05, 0) is 24.3 Å². The highest BCUT2D eigenvalue weighted by atomic mass is 35.5. The van der Waals surface area contributed by atoms with Crippen LogP contribution in [0, 0.1) is 5.82 Å². The van der Waals surface area contributed by atoms with Gasteiger partial charge < -0.3 is 15.4 Å². The molecule has 0 aromatic heterocycles. The molecule has 0 bridgehead atoms. The van der Waals surface area contributed by atoms with E-state index >= 15 is 0 Å². The van der Waals surface area contributed by atoms with Crippen molar-refractivity contribution < 1.29 is 13.9 Å². The molecule has 1 aliphatic heterocycles. The molecule has 0 aliphatic carbocycles. The second kappa shape index (κ2) is 8.49. The monoisotopic (exact) mass is 377 g/mol. The smallest absolute Gasteiger partial charge is 0.238 e. The number of nitrogens with zero attached hydrogens (tertiary/aromatic N) is 1. The van der Waals surface area contributed by atoms with E-state index in [1.165, 1.54) is 18.2 Å². The number of hydrogen-bond donors (Lipinski definition) is 2. The zero-order valence-corrected chi connectivity index (χ0v) is 15.2. The van der Waals surface area contributed by atoms with Gasteiger partial charge in [-0.3, -0.25) is 9.69 Å². The summed E-state index contributed by atoms with van der Waals surface area (Å²) in [6.07, 6.45) is 0. The summed E-state index contributed by atoms with van der Waals surface area (Å²) in [4.78, 5) is 14.5. The molecule has 0 radical (unpaired) electrons. The van der Waals surface area contributed by atoms with Crippen LogP contribution < -0.4 is 15.4 Å². The Morgan fingerprint density at radius 2 is 2.19 bits per heavy atom. The van der Waals surface area contributed by atoms with Gasteiger partial charge in [0.05, 0.1) is 25.4 Å². The number of nitrogens with one attached hydrogen (secondary N) is 2. The third-order valence-corrected chi connectivity index (χ3v) is 4.64. The number of benzene rings is 2. The fourth-order valence-electron chi connectivity index (χ4n) is 3.15. The summed E-state index contributed by atoms with van der Waals surface area (Å²) in [5.74, 6) is -0.00945. The molecule has 7 heteroatoms. The van der Waals surface area contributed by atoms with Crippen molar-refractivity contribution in [2.75, 3.05) is 38.6 Å². The van der Waals surface area contributed by atoms with Crippen molar-refractivity contribution in [1.29, 1.82) is 0 Å². The van der Waals surface area contributed by atoms with E-state index in [0.717, 1.165) is 17.9 Å². The first kappa shape index (κ1) is 18.6. The Morgan fingerprint density at radius 3 is 3.00 bits per heavy atom. The lowest BCUT2D eigenvalue weighted by molar-refractivity contribution is -0.118. The fraction of sp³-hybridized carbons (Fsp3) is 0.316. The van der Waals surface area contributed by atoms with Gasteiger partial charge in [0.1, 0.15) is 11.6 Å². The number of hydrogen-bond acceptors (Lipinski definition) is 4. The highest BCUT2D eigenvalue weighted by Crippen LogP contribution is 2.30. The third-order valence-electron chi connectivity index (χ3n) is 4.40. The summed E-state index contributed by atoms with van der Waals surface area (Å²) < 4.78 is 19.3. The summed E-state index contributed by atoms with van der Waals surface area (Å²) in [6.45, 7) is 2.34. The number of amides is 1. The molecular formula is C19H21ClFN3O2. The molecule has 26 heavy (non-hydrogen) atoms. The quantitative estimate of drug-likeness (QED) is 0.840. The molecule has 3 rings (SSSR count). The standard InChI is InChI=1S/C19H21ClFN3O2/c1-26-18-5-3-2-4-14(18)17-11-22-8-9-24(17)12-19(25)23-16-10-13(20)6-7-15(16)21/h2-7,10,17,22H,8-9,11-12H2,1H3,(H,23,25). The maximum absolute atomic E-state index is 13.8. The lowest BCUT2D eigenvalue weighted by atomic mass is 10.0. The van der Waals surface area contributed by atoms with Crippen LogP contribution in [-0.4, -0.2) is 44.1 Å². The molecule has 2 aromatic rings. The fourth-order valence-corrected chi connectivity index (χ4v) is 3.32. The summed E-state index contributed by atoms with van der Waals surface area (Å²) in [6, 6.07) is 11.9. The summed E-state index contributed by atoms with van der Waals surface area (Å²) >= 11 is 5.88. The molecule has 1 aliphatic rings. The number of piperazine rings is 1. The Hall–Kier alpha value is -2.15. The van der Waals surface area contributed by atoms with Gasteiger partial charge in [-0.25, -0.2) is 4.39 Å². The van der Waals surface area contributed by atoms with Crippen LogP contribution in [0.5, 0.6) is 5.75 Å². The van der Waals surface area contributed by atoms with Gasteiger partial charge in [0.15, 0.2) is 0 Å². The topological polar surface area (TPSA) is 53.6 Å². The number of halogens is 2. The van der Waals surface area contributed by atoms with E-state index < -0.39 is 5.82 Å². The van der Waals surface area contributed by atoms with Crippen LogP contribution in [0.1, 0.15) is 11.6 Å². The maximum Gasteiger partial charge on any atom is 0.238 e. The van der Waals surface area contributed by atoms with E-state index in [9.17, 15) is 9.18 Å². The van der Waals surface area contributed by atoms with Crippen molar-refractivity contribution in [3.8, 4) is 5.75 Å². The van der Waals surface area contributed by atoms with E-state index in [1.807, 2.05) is 24.3 Å². The Morgan fingerprint density at radius 1 is 1.38 bits per heavy atom. The number of para-hydroxylation sites is 1. The summed E-state index contributed by atoms with van der Waals surface area (Å²) in [5, 5.41) is 6.33. The van der Waals surface area contributed by atoms with E-state index in [4.69, 9.17) is 16.3 Å². The summed E-state index contributed by atoms with van der Waals surface area (Å²) in [7, 11) is 1.63. The molecule has 2 N–H and O–H groups in total. The molecule has 0 spiro atoms. The molecule has 1 heterocycles. The number of rotatable bonds is 5. The first-order valence-electron chi connectivity index (χ1n) is 8.41. The van der Waals surface area contributed by atoms with E-state index in [0.29, 0.717) is 18.1 Å². The van der Waals surface area contributed by atoms with Crippen molar-refractivity contribution in [2.24, 2.45) is 0 Å². The second-order valence-electron chi connectivity index (χ2n) is 6.10. The SMILES string of the molecule is COc1ccccc1C1CNCCN1CC(=O)Nc1cc(Cl)ccc1F. The van der Waals surface area contributed by atoms with Crippen LogP contribution in [-0.2, 0) is 4.79 Å². The number of anilines is 1. The van der Waals surface area contributed by atoms with Crippen molar-refractivity contribution in [3.05, 3.63) is 58.9 Å². The molecule has 1 amide bonds. The second-order valence-corrected chi connectivity index (χ2v) is 6.54. The molecule has 1 saturated heterocycles. The number of carbonyl (C=O) groups is 1. The number of carbonyl (C=O) groups excluding carboxylic acids is 1. The summed E-state index contributed by atoms with van der Waals surface area (Å²) in [5.41, 5.74) is 1.11. The zero-order valence-electron chi connectivity index (χ0n) is 14.5. The molecule has 5 nitrogen and oxygen atoms in total. The van der Waals surface area contributed by atoms with E-state index in [2.05, 4.69) is 15.5 Å². The lowest BCUT2D eigenvalue weighted by Gasteiger charge is -2.36. The minimum atomic E-state index is -0.510. The third kappa shape index (κ3) is 4.33. The zero-order chi connectivity index (χ0) is 18.5. The van der Waals surface area contributed by atoms with Gasteiger partial charge in [-0.2, -0.15) is 0 Å². The molecule has 1 fully saturated rings.